The number of hydrogen-bond donors (Lipinski definition) is 0. The van der Waals surface area contributed by atoms with Crippen molar-refractivity contribution in [1.29, 1.82) is 0 Å². The average molecular weight is 262 g/mol. The molecule has 1 unspecified atom stereocenters. The molecule has 1 rings (SSSR count). The van der Waals surface area contributed by atoms with Crippen molar-refractivity contribution < 1.29 is 14.3 Å². The Hall–Kier alpha value is -1.64. The van der Waals surface area contributed by atoms with Gasteiger partial charge in [-0.25, -0.2) is 0 Å². The number of methoxy groups -OCH3 is 1. The molecule has 0 fully saturated rings. The van der Waals surface area contributed by atoms with Crippen molar-refractivity contribution in [2.24, 2.45) is 11.8 Å². The number of benzene rings is 1. The maximum absolute atomic E-state index is 12.2. The quantitative estimate of drug-likeness (QED) is 0.605. The molecule has 0 radical (unpaired) electrons. The van der Waals surface area contributed by atoms with E-state index < -0.39 is 11.9 Å². The molecule has 0 amide bonds. The maximum Gasteiger partial charge on any atom is 0.316 e. The van der Waals surface area contributed by atoms with E-state index >= 15 is 0 Å². The lowest BCUT2D eigenvalue weighted by Crippen LogP contribution is -2.31. The molecule has 0 heterocycles. The van der Waals surface area contributed by atoms with Crippen LogP contribution in [0.3, 0.4) is 0 Å². The summed E-state index contributed by atoms with van der Waals surface area (Å²) >= 11 is 0. The van der Waals surface area contributed by atoms with Gasteiger partial charge in [0.1, 0.15) is 5.92 Å². The van der Waals surface area contributed by atoms with Gasteiger partial charge in [0.25, 0.3) is 0 Å². The maximum atomic E-state index is 12.2. The first kappa shape index (κ1) is 15.4. The summed E-state index contributed by atoms with van der Waals surface area (Å²) in [5.41, 5.74) is 3.30. The Morgan fingerprint density at radius 1 is 1.16 bits per heavy atom. The summed E-state index contributed by atoms with van der Waals surface area (Å²) in [6.45, 7) is 7.77. The summed E-state index contributed by atoms with van der Waals surface area (Å²) in [5.74, 6) is -1.24. The molecule has 0 bridgehead atoms. The number of rotatable bonds is 5. The molecule has 0 aromatic heterocycles. The topological polar surface area (TPSA) is 43.4 Å². The van der Waals surface area contributed by atoms with Crippen LogP contribution in [-0.2, 0) is 20.7 Å². The van der Waals surface area contributed by atoms with Crippen LogP contribution in [-0.4, -0.2) is 18.9 Å². The average Bonchev–Trinajstić information content (AvgIpc) is 2.33. The summed E-state index contributed by atoms with van der Waals surface area (Å²) in [5, 5.41) is 0. The predicted octanol–water partition coefficient (Wildman–Crippen LogP) is 2.86. The van der Waals surface area contributed by atoms with Crippen molar-refractivity contribution >= 4 is 11.8 Å². The van der Waals surface area contributed by atoms with Crippen LogP contribution in [0.5, 0.6) is 0 Å². The lowest BCUT2D eigenvalue weighted by Gasteiger charge is -2.17. The van der Waals surface area contributed by atoms with Gasteiger partial charge < -0.3 is 4.74 Å². The second-order valence-electron chi connectivity index (χ2n) is 5.31. The summed E-state index contributed by atoms with van der Waals surface area (Å²) in [4.78, 5) is 23.9. The number of carbonyl (C=O) groups excluding carboxylic acids is 2. The Morgan fingerprint density at radius 3 is 2.26 bits per heavy atom. The number of hydrogen-bond acceptors (Lipinski definition) is 3. The number of ketones is 1. The number of ether oxygens (including phenoxy) is 1. The summed E-state index contributed by atoms with van der Waals surface area (Å²) in [6, 6.07) is 5.94. The second-order valence-corrected chi connectivity index (χ2v) is 5.31. The Labute approximate surface area is 115 Å². The Morgan fingerprint density at radius 2 is 1.79 bits per heavy atom. The fraction of sp³-hybridized carbons (Fsp3) is 0.500. The SMILES string of the molecule is COC(=O)C(C(=O)Cc1ccc(C)c(C)c1)C(C)C. The van der Waals surface area contributed by atoms with Gasteiger partial charge >= 0.3 is 5.97 Å². The van der Waals surface area contributed by atoms with E-state index in [-0.39, 0.29) is 18.1 Å². The van der Waals surface area contributed by atoms with Crippen LogP contribution in [0.1, 0.15) is 30.5 Å². The normalized spacial score (nSPS) is 12.3. The van der Waals surface area contributed by atoms with Crippen molar-refractivity contribution in [3.8, 4) is 0 Å². The molecule has 3 nitrogen and oxygen atoms in total. The zero-order valence-electron chi connectivity index (χ0n) is 12.3. The van der Waals surface area contributed by atoms with Gasteiger partial charge in [-0.2, -0.15) is 0 Å². The first-order valence-electron chi connectivity index (χ1n) is 6.53. The molecule has 0 N–H and O–H groups in total. The monoisotopic (exact) mass is 262 g/mol. The van der Waals surface area contributed by atoms with Gasteiger partial charge in [0.15, 0.2) is 5.78 Å². The number of aryl methyl sites for hydroxylation is 2. The molecule has 0 spiro atoms. The van der Waals surface area contributed by atoms with Gasteiger partial charge in [-0.3, -0.25) is 9.59 Å². The van der Waals surface area contributed by atoms with Crippen LogP contribution in [0.4, 0.5) is 0 Å². The van der Waals surface area contributed by atoms with Crippen LogP contribution < -0.4 is 0 Å². The molecule has 1 aromatic rings. The lowest BCUT2D eigenvalue weighted by molar-refractivity contribution is -0.151. The molecule has 0 saturated heterocycles. The molecule has 0 aliphatic carbocycles. The Bertz CT molecular complexity index is 475. The van der Waals surface area contributed by atoms with E-state index in [1.807, 2.05) is 45.9 Å². The first-order chi connectivity index (χ1) is 8.86. The molecular formula is C16H22O3. The van der Waals surface area contributed by atoms with Crippen molar-refractivity contribution in [2.45, 2.75) is 34.1 Å². The highest BCUT2D eigenvalue weighted by Crippen LogP contribution is 2.18. The first-order valence-corrected chi connectivity index (χ1v) is 6.53. The van der Waals surface area contributed by atoms with Gasteiger partial charge in [0.2, 0.25) is 0 Å². The predicted molar refractivity (Wildman–Crippen MR) is 75.0 cm³/mol. The number of carbonyl (C=O) groups is 2. The minimum atomic E-state index is -0.674. The zero-order valence-corrected chi connectivity index (χ0v) is 12.3. The standard InChI is InChI=1S/C16H22O3/c1-10(2)15(16(18)19-5)14(17)9-13-7-6-11(3)12(4)8-13/h6-8,10,15H,9H2,1-5H3. The largest absolute Gasteiger partial charge is 0.468 e. The highest BCUT2D eigenvalue weighted by molar-refractivity contribution is 6.00. The van der Waals surface area contributed by atoms with Gasteiger partial charge in [-0.1, -0.05) is 32.0 Å². The molecule has 1 aromatic carbocycles. The van der Waals surface area contributed by atoms with Crippen molar-refractivity contribution in [1.82, 2.24) is 0 Å². The molecule has 3 heteroatoms. The van der Waals surface area contributed by atoms with E-state index in [1.165, 1.54) is 12.7 Å². The summed E-state index contributed by atoms with van der Waals surface area (Å²) in [6.07, 6.45) is 0.277. The van der Waals surface area contributed by atoms with E-state index in [9.17, 15) is 9.59 Å². The summed E-state index contributed by atoms with van der Waals surface area (Å²) < 4.78 is 4.72. The summed E-state index contributed by atoms with van der Waals surface area (Å²) in [7, 11) is 1.32. The molecule has 0 saturated carbocycles. The van der Waals surface area contributed by atoms with Gasteiger partial charge in [-0.15, -0.1) is 0 Å². The Balaban J connectivity index is 2.87. The van der Waals surface area contributed by atoms with Crippen LogP contribution in [0.15, 0.2) is 18.2 Å². The minimum absolute atomic E-state index is 0.0495. The second kappa shape index (κ2) is 6.50. The van der Waals surface area contributed by atoms with Crippen molar-refractivity contribution in [2.75, 3.05) is 7.11 Å². The van der Waals surface area contributed by atoms with E-state index in [4.69, 9.17) is 4.74 Å². The van der Waals surface area contributed by atoms with Crippen molar-refractivity contribution in [3.05, 3.63) is 34.9 Å². The lowest BCUT2D eigenvalue weighted by atomic mass is 9.88. The van der Waals surface area contributed by atoms with Gasteiger partial charge in [0, 0.05) is 6.42 Å². The molecule has 1 atom stereocenters. The number of esters is 1. The zero-order chi connectivity index (χ0) is 14.6. The fourth-order valence-electron chi connectivity index (χ4n) is 2.13. The Kier molecular flexibility index (Phi) is 5.28. The molecular weight excluding hydrogens is 240 g/mol. The van der Waals surface area contributed by atoms with Crippen LogP contribution in [0, 0.1) is 25.7 Å². The molecule has 19 heavy (non-hydrogen) atoms. The van der Waals surface area contributed by atoms with E-state index in [2.05, 4.69) is 0 Å². The highest BCUT2D eigenvalue weighted by atomic mass is 16.5. The van der Waals surface area contributed by atoms with Crippen LogP contribution in [0.2, 0.25) is 0 Å². The third-order valence-corrected chi connectivity index (χ3v) is 3.42. The van der Waals surface area contributed by atoms with Crippen LogP contribution in [0.25, 0.3) is 0 Å². The molecule has 104 valence electrons. The van der Waals surface area contributed by atoms with E-state index in [0.717, 1.165) is 11.1 Å². The molecule has 0 aliphatic heterocycles. The molecule has 0 aliphatic rings. The van der Waals surface area contributed by atoms with Gasteiger partial charge in [0.05, 0.1) is 7.11 Å². The smallest absolute Gasteiger partial charge is 0.316 e. The fourth-order valence-corrected chi connectivity index (χ4v) is 2.13. The van der Waals surface area contributed by atoms with E-state index in [0.29, 0.717) is 0 Å². The minimum Gasteiger partial charge on any atom is -0.468 e. The third-order valence-electron chi connectivity index (χ3n) is 3.42. The van der Waals surface area contributed by atoms with Gasteiger partial charge in [-0.05, 0) is 36.5 Å². The van der Waals surface area contributed by atoms with Crippen LogP contribution >= 0.6 is 0 Å². The third kappa shape index (κ3) is 3.91. The number of Topliss-reactive ketones (excluding diaryl/α,β-unsaturated/α-hetero) is 1. The van der Waals surface area contributed by atoms with E-state index in [1.54, 1.807) is 0 Å². The van der Waals surface area contributed by atoms with Crippen molar-refractivity contribution in [3.63, 3.8) is 0 Å². The highest BCUT2D eigenvalue weighted by Gasteiger charge is 2.30.